The molecular weight excluding hydrogens is 178 g/mol. The Morgan fingerprint density at radius 1 is 1.57 bits per heavy atom. The maximum atomic E-state index is 11.3. The Morgan fingerprint density at radius 3 is 2.57 bits per heavy atom. The van der Waals surface area contributed by atoms with Crippen molar-refractivity contribution in [3.8, 4) is 0 Å². The van der Waals surface area contributed by atoms with E-state index >= 15 is 0 Å². The summed E-state index contributed by atoms with van der Waals surface area (Å²) >= 11 is 0. The van der Waals surface area contributed by atoms with Gasteiger partial charge in [0.2, 0.25) is 0 Å². The number of hydrogen-bond acceptors (Lipinski definition) is 3. The van der Waals surface area contributed by atoms with Crippen LogP contribution in [0.15, 0.2) is 0 Å². The summed E-state index contributed by atoms with van der Waals surface area (Å²) < 4.78 is 4.76. The lowest BCUT2D eigenvalue weighted by molar-refractivity contribution is -0.152. The van der Waals surface area contributed by atoms with Crippen LogP contribution in [-0.4, -0.2) is 37.1 Å². The van der Waals surface area contributed by atoms with Gasteiger partial charge >= 0.3 is 5.97 Å². The van der Waals surface area contributed by atoms with E-state index in [2.05, 4.69) is 18.7 Å². The van der Waals surface area contributed by atoms with E-state index in [1.807, 2.05) is 0 Å². The summed E-state index contributed by atoms with van der Waals surface area (Å²) in [5.74, 6) is 0.727. The molecule has 1 aliphatic heterocycles. The molecule has 0 aromatic carbocycles. The fourth-order valence-corrected chi connectivity index (χ4v) is 2.23. The number of carbonyl (C=O) groups excluding carboxylic acids is 1. The van der Waals surface area contributed by atoms with Gasteiger partial charge in [-0.05, 0) is 24.2 Å². The second-order valence-corrected chi connectivity index (χ2v) is 5.21. The molecule has 0 spiro atoms. The molecule has 0 bridgehead atoms. The largest absolute Gasteiger partial charge is 0.468 e. The van der Waals surface area contributed by atoms with Crippen LogP contribution in [0.2, 0.25) is 0 Å². The van der Waals surface area contributed by atoms with Crippen LogP contribution >= 0.6 is 0 Å². The molecule has 0 aromatic heterocycles. The molecule has 1 heterocycles. The van der Waals surface area contributed by atoms with E-state index < -0.39 is 0 Å². The van der Waals surface area contributed by atoms with Gasteiger partial charge < -0.3 is 4.74 Å². The van der Waals surface area contributed by atoms with Gasteiger partial charge in [0.05, 0.1) is 7.11 Å². The normalized spacial score (nSPS) is 34.8. The second kappa shape index (κ2) is 3.23. The summed E-state index contributed by atoms with van der Waals surface area (Å²) in [6, 6.07) is 0.0522. The van der Waals surface area contributed by atoms with Gasteiger partial charge in [-0.1, -0.05) is 13.8 Å². The highest BCUT2D eigenvalue weighted by molar-refractivity contribution is 5.76. The van der Waals surface area contributed by atoms with Crippen molar-refractivity contribution >= 4 is 5.97 Å². The van der Waals surface area contributed by atoms with Crippen LogP contribution in [-0.2, 0) is 9.53 Å². The van der Waals surface area contributed by atoms with E-state index in [4.69, 9.17) is 4.74 Å². The molecule has 0 aromatic rings. The Bertz CT molecular complexity index is 250. The number of rotatable bonds is 3. The third-order valence-electron chi connectivity index (χ3n) is 3.78. The monoisotopic (exact) mass is 197 g/mol. The Balaban J connectivity index is 1.80. The highest BCUT2D eigenvalue weighted by Crippen LogP contribution is 2.52. The molecule has 0 amide bonds. The molecule has 1 aliphatic carbocycles. The molecule has 1 saturated heterocycles. The lowest BCUT2D eigenvalue weighted by Gasteiger charge is -2.39. The second-order valence-electron chi connectivity index (χ2n) is 5.21. The van der Waals surface area contributed by atoms with E-state index in [1.165, 1.54) is 13.5 Å². The summed E-state index contributed by atoms with van der Waals surface area (Å²) in [6.07, 6.45) is 2.28. The molecule has 3 heteroatoms. The molecule has 2 unspecified atom stereocenters. The molecule has 2 aliphatic rings. The van der Waals surface area contributed by atoms with Crippen molar-refractivity contribution in [2.75, 3.05) is 20.2 Å². The van der Waals surface area contributed by atoms with Gasteiger partial charge in [-0.3, -0.25) is 9.69 Å². The topological polar surface area (TPSA) is 29.5 Å². The predicted octanol–water partition coefficient (Wildman–Crippen LogP) is 1.28. The van der Waals surface area contributed by atoms with Crippen molar-refractivity contribution < 1.29 is 9.53 Å². The van der Waals surface area contributed by atoms with E-state index in [0.29, 0.717) is 5.41 Å². The first-order valence-electron chi connectivity index (χ1n) is 5.36. The molecule has 2 atom stereocenters. The van der Waals surface area contributed by atoms with Crippen molar-refractivity contribution in [3.05, 3.63) is 0 Å². The summed E-state index contributed by atoms with van der Waals surface area (Å²) in [5, 5.41) is 0. The zero-order valence-electron chi connectivity index (χ0n) is 9.25. The van der Waals surface area contributed by atoms with Crippen molar-refractivity contribution in [3.63, 3.8) is 0 Å². The smallest absolute Gasteiger partial charge is 0.323 e. The summed E-state index contributed by atoms with van der Waals surface area (Å²) in [6.45, 7) is 6.73. The Morgan fingerprint density at radius 2 is 2.21 bits per heavy atom. The van der Waals surface area contributed by atoms with Crippen LogP contribution in [0.25, 0.3) is 0 Å². The van der Waals surface area contributed by atoms with Crippen LogP contribution in [0.4, 0.5) is 0 Å². The van der Waals surface area contributed by atoms with Crippen molar-refractivity contribution in [2.45, 2.75) is 32.7 Å². The number of carbonyl (C=O) groups is 1. The molecule has 2 fully saturated rings. The summed E-state index contributed by atoms with van der Waals surface area (Å²) in [5.41, 5.74) is 0.510. The van der Waals surface area contributed by atoms with Gasteiger partial charge in [0.25, 0.3) is 0 Å². The lowest BCUT2D eigenvalue weighted by Crippen LogP contribution is -2.53. The molecule has 2 rings (SSSR count). The maximum absolute atomic E-state index is 11.3. The average Bonchev–Trinajstić information content (AvgIpc) is 2.68. The maximum Gasteiger partial charge on any atom is 0.323 e. The Labute approximate surface area is 85.4 Å². The van der Waals surface area contributed by atoms with Gasteiger partial charge in [-0.15, -0.1) is 0 Å². The Hall–Kier alpha value is -0.570. The molecular formula is C11H19NO2. The van der Waals surface area contributed by atoms with Gasteiger partial charge in [0, 0.05) is 13.1 Å². The van der Waals surface area contributed by atoms with Gasteiger partial charge in [-0.2, -0.15) is 0 Å². The summed E-state index contributed by atoms with van der Waals surface area (Å²) in [4.78, 5) is 13.6. The fourth-order valence-electron chi connectivity index (χ4n) is 2.23. The van der Waals surface area contributed by atoms with Crippen LogP contribution in [0, 0.1) is 11.3 Å². The quantitative estimate of drug-likeness (QED) is 0.638. The predicted molar refractivity (Wildman–Crippen MR) is 53.9 cm³/mol. The van der Waals surface area contributed by atoms with Crippen LogP contribution < -0.4 is 0 Å². The Kier molecular flexibility index (Phi) is 2.30. The third-order valence-corrected chi connectivity index (χ3v) is 3.78. The van der Waals surface area contributed by atoms with E-state index in [-0.39, 0.29) is 12.0 Å². The number of nitrogens with zero attached hydrogens (tertiary/aromatic N) is 1. The van der Waals surface area contributed by atoms with E-state index in [0.717, 1.165) is 25.4 Å². The minimum Gasteiger partial charge on any atom is -0.468 e. The molecule has 80 valence electrons. The molecule has 14 heavy (non-hydrogen) atoms. The number of methoxy groups -OCH3 is 1. The first-order chi connectivity index (χ1) is 6.54. The number of ether oxygens (including phenoxy) is 1. The summed E-state index contributed by atoms with van der Waals surface area (Å²) in [7, 11) is 1.47. The first-order valence-corrected chi connectivity index (χ1v) is 5.36. The van der Waals surface area contributed by atoms with Gasteiger partial charge in [-0.25, -0.2) is 0 Å². The van der Waals surface area contributed by atoms with Crippen LogP contribution in [0.5, 0.6) is 0 Å². The highest BCUT2D eigenvalue weighted by Gasteiger charge is 2.48. The van der Waals surface area contributed by atoms with Crippen molar-refractivity contribution in [1.82, 2.24) is 4.90 Å². The SMILES string of the molecule is COC(=O)C1CCN1CC1CC1(C)C. The van der Waals surface area contributed by atoms with Crippen LogP contribution in [0.1, 0.15) is 26.7 Å². The molecule has 0 N–H and O–H groups in total. The van der Waals surface area contributed by atoms with Gasteiger partial charge in [0.1, 0.15) is 6.04 Å². The van der Waals surface area contributed by atoms with E-state index in [1.54, 1.807) is 0 Å². The van der Waals surface area contributed by atoms with Crippen molar-refractivity contribution in [1.29, 1.82) is 0 Å². The minimum absolute atomic E-state index is 0.0522. The molecule has 3 nitrogen and oxygen atoms in total. The van der Waals surface area contributed by atoms with Crippen LogP contribution in [0.3, 0.4) is 0 Å². The number of likely N-dealkylation sites (tertiary alicyclic amines) is 1. The standard InChI is InChI=1S/C11H19NO2/c1-11(2)6-8(11)7-12-5-4-9(12)10(13)14-3/h8-9H,4-7H2,1-3H3. The lowest BCUT2D eigenvalue weighted by atomic mass is 10.0. The minimum atomic E-state index is -0.0605. The van der Waals surface area contributed by atoms with Gasteiger partial charge in [0.15, 0.2) is 0 Å². The van der Waals surface area contributed by atoms with E-state index in [9.17, 15) is 4.79 Å². The number of esters is 1. The average molecular weight is 197 g/mol. The molecule has 0 radical (unpaired) electrons. The number of hydrogen-bond donors (Lipinski definition) is 0. The first kappa shape index (κ1) is 9.97. The van der Waals surface area contributed by atoms with Crippen molar-refractivity contribution in [2.24, 2.45) is 11.3 Å². The highest BCUT2D eigenvalue weighted by atomic mass is 16.5. The zero-order chi connectivity index (χ0) is 10.3. The zero-order valence-corrected chi connectivity index (χ0v) is 9.25. The molecule has 1 saturated carbocycles. The third kappa shape index (κ3) is 1.65. The fraction of sp³-hybridized carbons (Fsp3) is 0.909.